The standard InChI is InChI=1S/C19H18F3N5O/c20-19(21,22)17-14(2-1-7-24-17)26-18(28)15-10-25-16-4-3-13(11-27(15)16)12-5-8-23-9-6-12/h1-4,7,10-12,23H,5-6,8-9H2,(H,26,28). The van der Waals surface area contributed by atoms with Crippen LogP contribution in [0.1, 0.15) is 40.5 Å². The van der Waals surface area contributed by atoms with Gasteiger partial charge < -0.3 is 10.6 Å². The highest BCUT2D eigenvalue weighted by Crippen LogP contribution is 2.33. The van der Waals surface area contributed by atoms with E-state index < -0.39 is 17.8 Å². The molecule has 1 aliphatic rings. The molecule has 2 N–H and O–H groups in total. The molecule has 0 aromatic carbocycles. The molecule has 3 aromatic heterocycles. The molecular formula is C19H18F3N5O. The van der Waals surface area contributed by atoms with Crippen LogP contribution >= 0.6 is 0 Å². The number of carbonyl (C=O) groups excluding carboxylic acids is 1. The monoisotopic (exact) mass is 389 g/mol. The van der Waals surface area contributed by atoms with Gasteiger partial charge in [0, 0.05) is 12.4 Å². The Hall–Kier alpha value is -2.94. The Bertz CT molecular complexity index is 1010. The number of hydrogen-bond acceptors (Lipinski definition) is 4. The molecule has 1 fully saturated rings. The fraction of sp³-hybridized carbons (Fsp3) is 0.316. The molecule has 0 aliphatic carbocycles. The lowest BCUT2D eigenvalue weighted by atomic mass is 9.91. The van der Waals surface area contributed by atoms with Crippen molar-refractivity contribution in [1.82, 2.24) is 19.7 Å². The number of nitrogens with zero attached hydrogens (tertiary/aromatic N) is 3. The maximum atomic E-state index is 13.1. The summed E-state index contributed by atoms with van der Waals surface area (Å²) in [6, 6.07) is 6.33. The average Bonchev–Trinajstić information content (AvgIpc) is 3.11. The normalized spacial score (nSPS) is 15.7. The van der Waals surface area contributed by atoms with Gasteiger partial charge in [0.25, 0.3) is 5.91 Å². The first-order valence-electron chi connectivity index (χ1n) is 8.95. The van der Waals surface area contributed by atoms with Crippen molar-refractivity contribution in [3.63, 3.8) is 0 Å². The number of pyridine rings is 2. The molecule has 4 heterocycles. The van der Waals surface area contributed by atoms with E-state index in [-0.39, 0.29) is 11.4 Å². The van der Waals surface area contributed by atoms with Gasteiger partial charge in [-0.05, 0) is 55.6 Å². The second-order valence-corrected chi connectivity index (χ2v) is 6.71. The molecule has 0 bridgehead atoms. The van der Waals surface area contributed by atoms with Crippen LogP contribution in [-0.4, -0.2) is 33.4 Å². The highest BCUT2D eigenvalue weighted by atomic mass is 19.4. The van der Waals surface area contributed by atoms with Crippen molar-refractivity contribution in [2.75, 3.05) is 18.4 Å². The van der Waals surface area contributed by atoms with Gasteiger partial charge in [0.1, 0.15) is 11.3 Å². The molecule has 1 amide bonds. The molecule has 1 aliphatic heterocycles. The number of rotatable bonds is 3. The summed E-state index contributed by atoms with van der Waals surface area (Å²) in [5, 5.41) is 5.63. The van der Waals surface area contributed by atoms with Crippen LogP contribution in [0.5, 0.6) is 0 Å². The number of alkyl halides is 3. The predicted octanol–water partition coefficient (Wildman–Crippen LogP) is 3.47. The molecule has 0 atom stereocenters. The Labute approximate surface area is 158 Å². The van der Waals surface area contributed by atoms with E-state index in [1.807, 2.05) is 18.3 Å². The molecule has 1 saturated heterocycles. The van der Waals surface area contributed by atoms with Crippen LogP contribution in [0.4, 0.5) is 18.9 Å². The molecule has 28 heavy (non-hydrogen) atoms. The van der Waals surface area contributed by atoms with E-state index in [4.69, 9.17) is 0 Å². The summed E-state index contributed by atoms with van der Waals surface area (Å²) in [6.07, 6.45) is 1.57. The van der Waals surface area contributed by atoms with Crippen molar-refractivity contribution in [1.29, 1.82) is 0 Å². The van der Waals surface area contributed by atoms with Gasteiger partial charge in [-0.2, -0.15) is 13.2 Å². The molecule has 0 unspecified atom stereocenters. The van der Waals surface area contributed by atoms with Crippen LogP contribution in [-0.2, 0) is 6.18 Å². The van der Waals surface area contributed by atoms with Crippen LogP contribution in [0.2, 0.25) is 0 Å². The second kappa shape index (κ2) is 7.23. The minimum absolute atomic E-state index is 0.169. The lowest BCUT2D eigenvalue weighted by molar-refractivity contribution is -0.140. The first-order chi connectivity index (χ1) is 13.4. The van der Waals surface area contributed by atoms with Crippen molar-refractivity contribution < 1.29 is 18.0 Å². The Kier molecular flexibility index (Phi) is 4.76. The first kappa shape index (κ1) is 18.4. The van der Waals surface area contributed by atoms with Gasteiger partial charge in [0.15, 0.2) is 5.69 Å². The third-order valence-corrected chi connectivity index (χ3v) is 4.90. The van der Waals surface area contributed by atoms with Crippen molar-refractivity contribution in [3.05, 3.63) is 59.8 Å². The third kappa shape index (κ3) is 3.57. The zero-order valence-electron chi connectivity index (χ0n) is 14.8. The van der Waals surface area contributed by atoms with Crippen LogP contribution < -0.4 is 10.6 Å². The number of hydrogen-bond donors (Lipinski definition) is 2. The van der Waals surface area contributed by atoms with Crippen molar-refractivity contribution in [2.24, 2.45) is 0 Å². The van der Waals surface area contributed by atoms with E-state index in [0.29, 0.717) is 11.6 Å². The Balaban J connectivity index is 1.65. The molecule has 3 aromatic rings. The van der Waals surface area contributed by atoms with Crippen molar-refractivity contribution >= 4 is 17.2 Å². The van der Waals surface area contributed by atoms with E-state index in [2.05, 4.69) is 20.6 Å². The predicted molar refractivity (Wildman–Crippen MR) is 97.2 cm³/mol. The summed E-state index contributed by atoms with van der Waals surface area (Å²) in [4.78, 5) is 20.2. The summed E-state index contributed by atoms with van der Waals surface area (Å²) < 4.78 is 41.0. The smallest absolute Gasteiger partial charge is 0.319 e. The molecule has 0 saturated carbocycles. The SMILES string of the molecule is O=C(Nc1cccnc1C(F)(F)F)c1cnc2ccc(C3CCNCC3)cn12. The van der Waals surface area contributed by atoms with Gasteiger partial charge in [0.05, 0.1) is 11.9 Å². The number of amides is 1. The largest absolute Gasteiger partial charge is 0.435 e. The van der Waals surface area contributed by atoms with Crippen LogP contribution in [0.25, 0.3) is 5.65 Å². The van der Waals surface area contributed by atoms with Gasteiger partial charge in [-0.15, -0.1) is 0 Å². The maximum Gasteiger partial charge on any atom is 0.435 e. The number of nitrogens with one attached hydrogen (secondary N) is 2. The number of aromatic nitrogens is 3. The van der Waals surface area contributed by atoms with Crippen LogP contribution in [0.15, 0.2) is 42.9 Å². The fourth-order valence-corrected chi connectivity index (χ4v) is 3.48. The highest BCUT2D eigenvalue weighted by Gasteiger charge is 2.36. The van der Waals surface area contributed by atoms with Crippen LogP contribution in [0.3, 0.4) is 0 Å². The molecule has 146 valence electrons. The molecular weight excluding hydrogens is 371 g/mol. The molecule has 0 spiro atoms. The van der Waals surface area contributed by atoms with E-state index in [0.717, 1.165) is 37.7 Å². The van der Waals surface area contributed by atoms with Crippen LogP contribution in [0, 0.1) is 0 Å². The Morgan fingerprint density at radius 2 is 1.96 bits per heavy atom. The Morgan fingerprint density at radius 3 is 2.71 bits per heavy atom. The first-order valence-corrected chi connectivity index (χ1v) is 8.95. The van der Waals surface area contributed by atoms with E-state index in [9.17, 15) is 18.0 Å². The summed E-state index contributed by atoms with van der Waals surface area (Å²) in [7, 11) is 0. The zero-order chi connectivity index (χ0) is 19.7. The number of fused-ring (bicyclic) bond motifs is 1. The molecule has 9 heteroatoms. The van der Waals surface area contributed by atoms with Gasteiger partial charge in [-0.25, -0.2) is 9.97 Å². The fourth-order valence-electron chi connectivity index (χ4n) is 3.48. The van der Waals surface area contributed by atoms with Gasteiger partial charge >= 0.3 is 6.18 Å². The number of halogens is 3. The minimum atomic E-state index is -4.66. The van der Waals surface area contributed by atoms with Gasteiger partial charge in [-0.3, -0.25) is 9.20 Å². The third-order valence-electron chi connectivity index (χ3n) is 4.90. The minimum Gasteiger partial charge on any atom is -0.319 e. The maximum absolute atomic E-state index is 13.1. The van der Waals surface area contributed by atoms with E-state index in [1.54, 1.807) is 4.40 Å². The average molecular weight is 389 g/mol. The van der Waals surface area contributed by atoms with Gasteiger partial charge in [0.2, 0.25) is 0 Å². The number of piperidine rings is 1. The zero-order valence-corrected chi connectivity index (χ0v) is 14.8. The second-order valence-electron chi connectivity index (χ2n) is 6.71. The van der Waals surface area contributed by atoms with Crippen molar-refractivity contribution in [2.45, 2.75) is 24.9 Å². The quantitative estimate of drug-likeness (QED) is 0.720. The lowest BCUT2D eigenvalue weighted by Crippen LogP contribution is -2.26. The lowest BCUT2D eigenvalue weighted by Gasteiger charge is -2.23. The number of anilines is 1. The summed E-state index contributed by atoms with van der Waals surface area (Å²) >= 11 is 0. The molecule has 4 rings (SSSR count). The Morgan fingerprint density at radius 1 is 1.18 bits per heavy atom. The molecule has 0 radical (unpaired) electrons. The summed E-state index contributed by atoms with van der Waals surface area (Å²) in [5.41, 5.74) is 0.295. The topological polar surface area (TPSA) is 71.3 Å². The van der Waals surface area contributed by atoms with Crippen molar-refractivity contribution in [3.8, 4) is 0 Å². The van der Waals surface area contributed by atoms with Gasteiger partial charge in [-0.1, -0.05) is 6.07 Å². The number of carbonyl (C=O) groups is 1. The highest BCUT2D eigenvalue weighted by molar-refractivity contribution is 6.03. The summed E-state index contributed by atoms with van der Waals surface area (Å²) in [5.74, 6) is -0.299. The number of imidazole rings is 1. The molecule has 6 nitrogen and oxygen atoms in total. The van der Waals surface area contributed by atoms with E-state index in [1.165, 1.54) is 18.3 Å². The van der Waals surface area contributed by atoms with E-state index >= 15 is 0 Å². The summed E-state index contributed by atoms with van der Waals surface area (Å²) in [6.45, 7) is 1.86.